The van der Waals surface area contributed by atoms with Crippen LogP contribution in [-0.4, -0.2) is 54.4 Å². The number of hydrogen-bond acceptors (Lipinski definition) is 5. The molecule has 0 bridgehead atoms. The van der Waals surface area contributed by atoms with E-state index in [4.69, 9.17) is 4.74 Å². The van der Waals surface area contributed by atoms with Gasteiger partial charge in [0, 0.05) is 26.7 Å². The Bertz CT molecular complexity index is 447. The molecular weight excluding hydrogens is 268 g/mol. The first-order valence-electron chi connectivity index (χ1n) is 7.60. The second kappa shape index (κ2) is 7.93. The molecule has 1 atom stereocenters. The van der Waals surface area contributed by atoms with Crippen molar-refractivity contribution in [3.63, 3.8) is 0 Å². The number of anilines is 1. The number of piperidine rings is 1. The van der Waals surface area contributed by atoms with Gasteiger partial charge in [-0.3, -0.25) is 4.79 Å². The van der Waals surface area contributed by atoms with Crippen LogP contribution in [0.2, 0.25) is 0 Å². The zero-order valence-corrected chi connectivity index (χ0v) is 12.8. The summed E-state index contributed by atoms with van der Waals surface area (Å²) in [7, 11) is 1.70. The third kappa shape index (κ3) is 4.39. The number of nitrogens with one attached hydrogen (secondary N) is 1. The standard InChI is InChI=1S/C15H24N4O2/c1-3-8-16-14-7-6-13(17-18-14)15(20)19-9-4-5-12(10-19)11-21-2/h6-7,12H,3-5,8-11H2,1-2H3,(H,16,18). The van der Waals surface area contributed by atoms with Crippen LogP contribution in [0, 0.1) is 5.92 Å². The van der Waals surface area contributed by atoms with Gasteiger partial charge in [-0.05, 0) is 37.3 Å². The van der Waals surface area contributed by atoms with Crippen LogP contribution in [0.1, 0.15) is 36.7 Å². The number of amides is 1. The largest absolute Gasteiger partial charge is 0.384 e. The second-order valence-corrected chi connectivity index (χ2v) is 5.45. The van der Waals surface area contributed by atoms with Gasteiger partial charge in [-0.2, -0.15) is 0 Å². The molecule has 1 aromatic rings. The summed E-state index contributed by atoms with van der Waals surface area (Å²) in [6, 6.07) is 3.56. The Morgan fingerprint density at radius 1 is 1.48 bits per heavy atom. The Kier molecular flexibility index (Phi) is 5.92. The Morgan fingerprint density at radius 3 is 3.00 bits per heavy atom. The number of ether oxygens (including phenoxy) is 1. The van der Waals surface area contributed by atoms with Gasteiger partial charge in [-0.1, -0.05) is 6.92 Å². The maximum Gasteiger partial charge on any atom is 0.274 e. The van der Waals surface area contributed by atoms with E-state index >= 15 is 0 Å². The van der Waals surface area contributed by atoms with Crippen LogP contribution in [0.4, 0.5) is 5.82 Å². The van der Waals surface area contributed by atoms with Crippen molar-refractivity contribution in [2.75, 3.05) is 38.7 Å². The molecule has 1 fully saturated rings. The minimum Gasteiger partial charge on any atom is -0.384 e. The van der Waals surface area contributed by atoms with E-state index in [1.165, 1.54) is 0 Å². The third-order valence-corrected chi connectivity index (χ3v) is 3.65. The van der Waals surface area contributed by atoms with E-state index in [0.717, 1.165) is 38.9 Å². The van der Waals surface area contributed by atoms with E-state index in [1.807, 2.05) is 11.0 Å². The SMILES string of the molecule is CCCNc1ccc(C(=O)N2CCCC(COC)C2)nn1. The first-order chi connectivity index (χ1) is 10.2. The summed E-state index contributed by atoms with van der Waals surface area (Å²) < 4.78 is 5.19. The van der Waals surface area contributed by atoms with Crippen LogP contribution in [0.3, 0.4) is 0 Å². The van der Waals surface area contributed by atoms with Crippen LogP contribution in [0.25, 0.3) is 0 Å². The molecule has 1 saturated heterocycles. The zero-order valence-electron chi connectivity index (χ0n) is 12.8. The van der Waals surface area contributed by atoms with Gasteiger partial charge in [0.15, 0.2) is 5.69 Å². The highest BCUT2D eigenvalue weighted by molar-refractivity contribution is 5.92. The summed E-state index contributed by atoms with van der Waals surface area (Å²) >= 11 is 0. The number of aromatic nitrogens is 2. The molecule has 1 unspecified atom stereocenters. The molecule has 21 heavy (non-hydrogen) atoms. The van der Waals surface area contributed by atoms with Gasteiger partial charge < -0.3 is 15.0 Å². The van der Waals surface area contributed by atoms with Crippen molar-refractivity contribution < 1.29 is 9.53 Å². The molecule has 6 nitrogen and oxygen atoms in total. The molecule has 1 aliphatic rings. The molecule has 2 heterocycles. The molecule has 2 rings (SSSR count). The number of likely N-dealkylation sites (tertiary alicyclic amines) is 1. The third-order valence-electron chi connectivity index (χ3n) is 3.65. The topological polar surface area (TPSA) is 67.4 Å². The maximum atomic E-state index is 12.4. The van der Waals surface area contributed by atoms with Crippen molar-refractivity contribution in [2.24, 2.45) is 5.92 Å². The molecule has 0 aliphatic carbocycles. The van der Waals surface area contributed by atoms with Crippen LogP contribution in [0.15, 0.2) is 12.1 Å². The molecule has 0 radical (unpaired) electrons. The fourth-order valence-corrected chi connectivity index (χ4v) is 2.58. The first-order valence-corrected chi connectivity index (χ1v) is 7.60. The van der Waals surface area contributed by atoms with Crippen molar-refractivity contribution in [3.8, 4) is 0 Å². The van der Waals surface area contributed by atoms with Gasteiger partial charge in [-0.25, -0.2) is 0 Å². The lowest BCUT2D eigenvalue weighted by atomic mass is 9.99. The number of carbonyl (C=O) groups excluding carboxylic acids is 1. The van der Waals surface area contributed by atoms with E-state index in [-0.39, 0.29) is 5.91 Å². The number of carbonyl (C=O) groups is 1. The molecule has 1 N–H and O–H groups in total. The lowest BCUT2D eigenvalue weighted by Gasteiger charge is -2.32. The van der Waals surface area contributed by atoms with E-state index in [9.17, 15) is 4.79 Å². The number of hydrogen-bond donors (Lipinski definition) is 1. The average Bonchev–Trinajstić information content (AvgIpc) is 2.53. The smallest absolute Gasteiger partial charge is 0.274 e. The second-order valence-electron chi connectivity index (χ2n) is 5.45. The Balaban J connectivity index is 1.95. The van der Waals surface area contributed by atoms with E-state index in [0.29, 0.717) is 24.0 Å². The maximum absolute atomic E-state index is 12.4. The van der Waals surface area contributed by atoms with Gasteiger partial charge >= 0.3 is 0 Å². The lowest BCUT2D eigenvalue weighted by molar-refractivity contribution is 0.0564. The molecule has 6 heteroatoms. The summed E-state index contributed by atoms with van der Waals surface area (Å²) in [6.45, 7) is 5.17. The Labute approximate surface area is 125 Å². The van der Waals surface area contributed by atoms with Crippen molar-refractivity contribution in [1.29, 1.82) is 0 Å². The number of nitrogens with zero attached hydrogens (tertiary/aromatic N) is 3. The zero-order chi connectivity index (χ0) is 15.1. The van der Waals surface area contributed by atoms with Crippen LogP contribution >= 0.6 is 0 Å². The highest BCUT2D eigenvalue weighted by atomic mass is 16.5. The predicted molar refractivity (Wildman–Crippen MR) is 81.3 cm³/mol. The van der Waals surface area contributed by atoms with Gasteiger partial charge in [0.25, 0.3) is 5.91 Å². The van der Waals surface area contributed by atoms with Gasteiger partial charge in [-0.15, -0.1) is 10.2 Å². The highest BCUT2D eigenvalue weighted by Gasteiger charge is 2.25. The average molecular weight is 292 g/mol. The van der Waals surface area contributed by atoms with Crippen molar-refractivity contribution in [1.82, 2.24) is 15.1 Å². The first kappa shape index (κ1) is 15.7. The lowest BCUT2D eigenvalue weighted by Crippen LogP contribution is -2.41. The van der Waals surface area contributed by atoms with E-state index in [1.54, 1.807) is 13.2 Å². The van der Waals surface area contributed by atoms with E-state index in [2.05, 4.69) is 22.4 Å². The Morgan fingerprint density at radius 2 is 2.33 bits per heavy atom. The minimum atomic E-state index is -0.0367. The van der Waals surface area contributed by atoms with Crippen molar-refractivity contribution >= 4 is 11.7 Å². The molecule has 1 amide bonds. The monoisotopic (exact) mass is 292 g/mol. The fourth-order valence-electron chi connectivity index (χ4n) is 2.58. The molecule has 1 aliphatic heterocycles. The quantitative estimate of drug-likeness (QED) is 0.866. The summed E-state index contributed by atoms with van der Waals surface area (Å²) in [4.78, 5) is 14.3. The summed E-state index contributed by atoms with van der Waals surface area (Å²) in [6.07, 6.45) is 3.16. The molecule has 116 valence electrons. The van der Waals surface area contributed by atoms with Gasteiger partial charge in [0.1, 0.15) is 5.82 Å². The van der Waals surface area contributed by atoms with Crippen LogP contribution < -0.4 is 5.32 Å². The van der Waals surface area contributed by atoms with E-state index < -0.39 is 0 Å². The van der Waals surface area contributed by atoms with Crippen LogP contribution in [-0.2, 0) is 4.74 Å². The normalized spacial score (nSPS) is 18.6. The number of rotatable bonds is 6. The van der Waals surface area contributed by atoms with Crippen LogP contribution in [0.5, 0.6) is 0 Å². The Hall–Kier alpha value is -1.69. The van der Waals surface area contributed by atoms with Gasteiger partial charge in [0.2, 0.25) is 0 Å². The molecule has 0 spiro atoms. The minimum absolute atomic E-state index is 0.0367. The fraction of sp³-hybridized carbons (Fsp3) is 0.667. The summed E-state index contributed by atoms with van der Waals surface area (Å²) in [5, 5.41) is 11.2. The van der Waals surface area contributed by atoms with Crippen molar-refractivity contribution in [3.05, 3.63) is 17.8 Å². The molecule has 0 saturated carbocycles. The predicted octanol–water partition coefficient (Wildman–Crippen LogP) is 1.80. The molecule has 1 aromatic heterocycles. The molecular formula is C15H24N4O2. The molecule has 0 aromatic carbocycles. The summed E-state index contributed by atoms with van der Waals surface area (Å²) in [5.41, 5.74) is 0.412. The highest BCUT2D eigenvalue weighted by Crippen LogP contribution is 2.18. The van der Waals surface area contributed by atoms with Crippen molar-refractivity contribution in [2.45, 2.75) is 26.2 Å². The van der Waals surface area contributed by atoms with Gasteiger partial charge in [0.05, 0.1) is 6.61 Å². The summed E-state index contributed by atoms with van der Waals surface area (Å²) in [5.74, 6) is 1.10. The number of methoxy groups -OCH3 is 1.